The van der Waals surface area contributed by atoms with Crippen molar-refractivity contribution < 1.29 is 9.53 Å². The van der Waals surface area contributed by atoms with E-state index in [1.54, 1.807) is 24.3 Å². The molecule has 0 radical (unpaired) electrons. The number of nitrogen functional groups attached to an aromatic ring is 1. The van der Waals surface area contributed by atoms with Crippen LogP contribution in [-0.2, 0) is 19.6 Å². The largest absolute Gasteiger partial charge is 0.471 e. The number of aromatic amines is 1. The van der Waals surface area contributed by atoms with Crippen LogP contribution in [0.4, 0.5) is 23.0 Å². The van der Waals surface area contributed by atoms with Crippen LogP contribution in [0.2, 0.25) is 0 Å². The highest BCUT2D eigenvalue weighted by molar-refractivity contribution is 5.94. The summed E-state index contributed by atoms with van der Waals surface area (Å²) < 4.78 is 5.92. The zero-order chi connectivity index (χ0) is 30.2. The molecule has 0 saturated carbocycles. The van der Waals surface area contributed by atoms with Crippen LogP contribution in [0.1, 0.15) is 33.7 Å². The molecule has 2 aromatic heterocycles. The normalized spacial score (nSPS) is 11.2. The van der Waals surface area contributed by atoms with Crippen molar-refractivity contribution in [2.75, 3.05) is 31.3 Å². The monoisotopic (exact) mass is 578 g/mol. The maximum absolute atomic E-state index is 12.6. The van der Waals surface area contributed by atoms with Crippen molar-refractivity contribution in [3.8, 4) is 5.88 Å². The number of anilines is 2. The lowest BCUT2D eigenvalue weighted by Crippen LogP contribution is -2.24. The number of rotatable bonds is 12. The van der Waals surface area contributed by atoms with E-state index in [9.17, 15) is 4.79 Å². The van der Waals surface area contributed by atoms with Gasteiger partial charge in [0, 0.05) is 44.9 Å². The van der Waals surface area contributed by atoms with Crippen LogP contribution in [0.3, 0.4) is 0 Å². The lowest BCUT2D eigenvalue weighted by Gasteiger charge is -2.11. The van der Waals surface area contributed by atoms with Crippen LogP contribution in [0.5, 0.6) is 5.88 Å². The van der Waals surface area contributed by atoms with Gasteiger partial charge in [-0.3, -0.25) is 4.79 Å². The number of carbonyl (C=O) groups excluding carboxylic acids is 1. The van der Waals surface area contributed by atoms with Crippen molar-refractivity contribution in [3.63, 3.8) is 0 Å². The first-order valence-corrected chi connectivity index (χ1v) is 13.9. The number of fused-ring (bicyclic) bond motifs is 1. The zero-order valence-electron chi connectivity index (χ0n) is 24.1. The summed E-state index contributed by atoms with van der Waals surface area (Å²) in [6.45, 7) is 1.26. The van der Waals surface area contributed by atoms with Crippen LogP contribution >= 0.6 is 0 Å². The van der Waals surface area contributed by atoms with Crippen molar-refractivity contribution in [1.29, 1.82) is 0 Å². The van der Waals surface area contributed by atoms with Crippen LogP contribution in [0.15, 0.2) is 83.0 Å². The third-order valence-electron chi connectivity index (χ3n) is 6.67. The smallest absolute Gasteiger partial charge is 0.251 e. The molecule has 0 saturated heterocycles. The van der Waals surface area contributed by atoms with E-state index in [1.165, 1.54) is 0 Å². The Kier molecular flexibility index (Phi) is 9.17. The number of hydrogen-bond acceptors (Lipinski definition) is 10. The zero-order valence-corrected chi connectivity index (χ0v) is 24.1. The maximum atomic E-state index is 12.6. The number of ether oxygens (including phenoxy) is 1. The van der Waals surface area contributed by atoms with Gasteiger partial charge >= 0.3 is 0 Å². The van der Waals surface area contributed by atoms with Gasteiger partial charge in [0.15, 0.2) is 11.2 Å². The van der Waals surface area contributed by atoms with Crippen molar-refractivity contribution >= 4 is 40.1 Å². The number of azo groups is 1. The molecule has 12 nitrogen and oxygen atoms in total. The minimum atomic E-state index is -0.166. The van der Waals surface area contributed by atoms with Gasteiger partial charge in [-0.25, -0.2) is 4.98 Å². The molecule has 1 amide bonds. The standard InChI is InChI=1S/C31H34N10O2/c1-41(2)25-15-13-24(14-16-25)40-39-23-11-9-22(10-12-23)29(42)34-17-3-4-26-35-27-28(36-26)37-31(33)38-30(27)43-19-21-7-5-20(18-32)6-8-21/h5-16H,3-4,17-19,32H2,1-2H3,(H,34,42)(H3,33,35,36,37,38)/b40-39+. The Morgan fingerprint density at radius 3 is 2.21 bits per heavy atom. The van der Waals surface area contributed by atoms with E-state index in [4.69, 9.17) is 16.2 Å². The Balaban J connectivity index is 1.11. The van der Waals surface area contributed by atoms with Gasteiger partial charge in [0.25, 0.3) is 5.91 Å². The van der Waals surface area contributed by atoms with E-state index in [2.05, 4.69) is 35.5 Å². The first-order chi connectivity index (χ1) is 20.9. The lowest BCUT2D eigenvalue weighted by molar-refractivity contribution is 0.0953. The second-order valence-electron chi connectivity index (χ2n) is 10.1. The number of benzene rings is 3. The van der Waals surface area contributed by atoms with Crippen molar-refractivity contribution in [2.24, 2.45) is 16.0 Å². The predicted molar refractivity (Wildman–Crippen MR) is 167 cm³/mol. The summed E-state index contributed by atoms with van der Waals surface area (Å²) in [5.41, 5.74) is 17.6. The van der Waals surface area contributed by atoms with E-state index >= 15 is 0 Å². The Morgan fingerprint density at radius 2 is 1.56 bits per heavy atom. The van der Waals surface area contributed by atoms with Gasteiger partial charge in [-0.15, -0.1) is 0 Å². The summed E-state index contributed by atoms with van der Waals surface area (Å²) in [5.74, 6) is 0.939. The number of H-pyrrole nitrogens is 1. The van der Waals surface area contributed by atoms with Gasteiger partial charge in [0.2, 0.25) is 11.8 Å². The molecule has 0 unspecified atom stereocenters. The van der Waals surface area contributed by atoms with Crippen molar-refractivity contribution in [3.05, 3.63) is 95.3 Å². The number of nitrogens with two attached hydrogens (primary N) is 2. The molecular weight excluding hydrogens is 544 g/mol. The third kappa shape index (κ3) is 7.68. The average Bonchev–Trinajstić information content (AvgIpc) is 3.44. The highest BCUT2D eigenvalue weighted by atomic mass is 16.5. The third-order valence-corrected chi connectivity index (χ3v) is 6.67. The van der Waals surface area contributed by atoms with Crippen molar-refractivity contribution in [1.82, 2.24) is 25.3 Å². The quantitative estimate of drug-likeness (QED) is 0.120. The Bertz CT molecular complexity index is 1700. The van der Waals surface area contributed by atoms with Crippen LogP contribution in [-0.4, -0.2) is 46.5 Å². The number of carbonyl (C=O) groups is 1. The summed E-state index contributed by atoms with van der Waals surface area (Å²) >= 11 is 0. The fourth-order valence-electron chi connectivity index (χ4n) is 4.25. The summed E-state index contributed by atoms with van der Waals surface area (Å²) in [6, 6.07) is 22.6. The molecular formula is C31H34N10O2. The van der Waals surface area contributed by atoms with Gasteiger partial charge in [0.1, 0.15) is 12.4 Å². The fourth-order valence-corrected chi connectivity index (χ4v) is 4.25. The molecule has 3 aromatic carbocycles. The van der Waals surface area contributed by atoms with E-state index in [0.717, 1.165) is 22.5 Å². The van der Waals surface area contributed by atoms with Gasteiger partial charge < -0.3 is 31.4 Å². The maximum Gasteiger partial charge on any atom is 0.251 e. The predicted octanol–water partition coefficient (Wildman–Crippen LogP) is 4.82. The molecule has 0 aliphatic rings. The molecule has 5 aromatic rings. The Labute approximate surface area is 249 Å². The Morgan fingerprint density at radius 1 is 0.907 bits per heavy atom. The van der Waals surface area contributed by atoms with Gasteiger partial charge in [-0.1, -0.05) is 24.3 Å². The molecule has 6 N–H and O–H groups in total. The van der Waals surface area contributed by atoms with E-state index in [-0.39, 0.29) is 11.9 Å². The molecule has 220 valence electrons. The number of nitrogens with one attached hydrogen (secondary N) is 2. The molecule has 0 aliphatic heterocycles. The Hall–Kier alpha value is -5.36. The first-order valence-electron chi connectivity index (χ1n) is 13.9. The fraction of sp³-hybridized carbons (Fsp3) is 0.226. The number of imidazole rings is 1. The number of nitrogens with zero attached hydrogens (tertiary/aromatic N) is 6. The van der Waals surface area contributed by atoms with Crippen LogP contribution in [0.25, 0.3) is 11.2 Å². The molecule has 43 heavy (non-hydrogen) atoms. The molecule has 5 rings (SSSR count). The van der Waals surface area contributed by atoms with Crippen molar-refractivity contribution in [2.45, 2.75) is 26.0 Å². The summed E-state index contributed by atoms with van der Waals surface area (Å²) in [4.78, 5) is 30.9. The highest BCUT2D eigenvalue weighted by Gasteiger charge is 2.14. The molecule has 2 heterocycles. The van der Waals surface area contributed by atoms with Gasteiger partial charge in [-0.05, 0) is 66.1 Å². The average molecular weight is 579 g/mol. The summed E-state index contributed by atoms with van der Waals surface area (Å²) in [7, 11) is 3.97. The molecule has 12 heteroatoms. The van der Waals surface area contributed by atoms with E-state index in [0.29, 0.717) is 66.7 Å². The molecule has 0 fully saturated rings. The van der Waals surface area contributed by atoms with Crippen LogP contribution < -0.4 is 26.4 Å². The van der Waals surface area contributed by atoms with Crippen LogP contribution in [0, 0.1) is 0 Å². The minimum Gasteiger partial charge on any atom is -0.471 e. The first kappa shape index (κ1) is 29.1. The van der Waals surface area contributed by atoms with Gasteiger partial charge in [-0.2, -0.15) is 20.2 Å². The van der Waals surface area contributed by atoms with Gasteiger partial charge in [0.05, 0.1) is 11.4 Å². The number of aromatic nitrogens is 4. The molecule has 0 aliphatic carbocycles. The van der Waals surface area contributed by atoms with E-state index < -0.39 is 0 Å². The summed E-state index contributed by atoms with van der Waals surface area (Å²) in [5, 5.41) is 11.5. The summed E-state index contributed by atoms with van der Waals surface area (Å²) in [6.07, 6.45) is 1.25. The minimum absolute atomic E-state index is 0.0922. The highest BCUT2D eigenvalue weighted by Crippen LogP contribution is 2.24. The SMILES string of the molecule is CN(C)c1ccc(/N=N/c2ccc(C(=O)NCCCc3nc4c(OCc5ccc(CN)cc5)nc(N)nc4[nH]3)cc2)cc1. The van der Waals surface area contributed by atoms with E-state index in [1.807, 2.05) is 67.5 Å². The number of hydrogen-bond donors (Lipinski definition) is 4. The second-order valence-corrected chi connectivity index (χ2v) is 10.1. The number of amides is 1. The second kappa shape index (κ2) is 13.5. The molecule has 0 atom stereocenters. The topological polar surface area (TPSA) is 173 Å². The number of aryl methyl sites for hydroxylation is 1. The lowest BCUT2D eigenvalue weighted by atomic mass is 10.1. The molecule has 0 bridgehead atoms. The molecule has 0 spiro atoms.